The van der Waals surface area contributed by atoms with Crippen LogP contribution in [0.25, 0.3) is 0 Å². The van der Waals surface area contributed by atoms with Crippen molar-refractivity contribution in [3.63, 3.8) is 0 Å². The number of benzene rings is 1. The number of nitrogens with zero attached hydrogens (tertiary/aromatic N) is 2. The minimum absolute atomic E-state index is 0.113. The highest BCUT2D eigenvalue weighted by Gasteiger charge is 2.36. The van der Waals surface area contributed by atoms with Crippen LogP contribution in [0, 0.1) is 0 Å². The molecule has 0 aliphatic carbocycles. The first-order chi connectivity index (χ1) is 13.6. The van der Waals surface area contributed by atoms with Crippen LogP contribution in [0.15, 0.2) is 42.7 Å². The Labute approximate surface area is 160 Å². The summed E-state index contributed by atoms with van der Waals surface area (Å²) in [5.74, 6) is 0.272. The first-order valence-electron chi connectivity index (χ1n) is 8.80. The third kappa shape index (κ3) is 3.59. The van der Waals surface area contributed by atoms with E-state index in [0.29, 0.717) is 23.5 Å². The molecular weight excluding hydrogens is 364 g/mol. The van der Waals surface area contributed by atoms with Gasteiger partial charge in [-0.15, -0.1) is 0 Å². The highest BCUT2D eigenvalue weighted by atomic mass is 16.7. The van der Waals surface area contributed by atoms with Crippen LogP contribution in [0.2, 0.25) is 0 Å². The van der Waals surface area contributed by atoms with Gasteiger partial charge < -0.3 is 14.4 Å². The first-order valence-corrected chi connectivity index (χ1v) is 8.80. The summed E-state index contributed by atoms with van der Waals surface area (Å²) in [4.78, 5) is 42.2. The molecule has 1 aromatic carbocycles. The first kappa shape index (κ1) is 17.8. The van der Waals surface area contributed by atoms with Crippen LogP contribution in [0.3, 0.4) is 0 Å². The van der Waals surface area contributed by atoms with Gasteiger partial charge in [-0.2, -0.15) is 0 Å². The summed E-state index contributed by atoms with van der Waals surface area (Å²) >= 11 is 0. The molecule has 1 saturated heterocycles. The number of carbonyl (C=O) groups is 3. The van der Waals surface area contributed by atoms with E-state index in [-0.39, 0.29) is 25.7 Å². The molecule has 2 aliphatic heterocycles. The molecule has 0 spiro atoms. The molecule has 144 valence electrons. The standard InChI is InChI=1S/C19H18N4O5/c24-17-4-2-14(19(26)22-21-18(25)13-5-7-20-8-6-13)23(17)10-12-1-3-15-16(9-12)28-11-27-15/h1,3,5-9,14H,2,4,10-11H2,(H,21,25)(H,22,26). The maximum absolute atomic E-state index is 12.5. The smallest absolute Gasteiger partial charge is 0.269 e. The summed E-state index contributed by atoms with van der Waals surface area (Å²) in [6.45, 7) is 0.440. The lowest BCUT2D eigenvalue weighted by molar-refractivity contribution is -0.136. The van der Waals surface area contributed by atoms with E-state index in [1.165, 1.54) is 29.4 Å². The highest BCUT2D eigenvalue weighted by molar-refractivity contribution is 5.96. The molecule has 0 bridgehead atoms. The molecule has 9 nitrogen and oxygen atoms in total. The van der Waals surface area contributed by atoms with E-state index in [1.54, 1.807) is 12.1 Å². The van der Waals surface area contributed by atoms with Gasteiger partial charge in [0.2, 0.25) is 12.7 Å². The molecule has 28 heavy (non-hydrogen) atoms. The number of hydrogen-bond donors (Lipinski definition) is 2. The molecule has 1 unspecified atom stereocenters. The van der Waals surface area contributed by atoms with Crippen LogP contribution in [-0.4, -0.2) is 40.4 Å². The van der Waals surface area contributed by atoms with Gasteiger partial charge in [0.15, 0.2) is 11.5 Å². The van der Waals surface area contributed by atoms with Crippen LogP contribution < -0.4 is 20.3 Å². The van der Waals surface area contributed by atoms with Gasteiger partial charge in [0.05, 0.1) is 0 Å². The monoisotopic (exact) mass is 382 g/mol. The number of hydrogen-bond acceptors (Lipinski definition) is 6. The highest BCUT2D eigenvalue weighted by Crippen LogP contribution is 2.33. The van der Waals surface area contributed by atoms with Crippen LogP contribution in [0.4, 0.5) is 0 Å². The van der Waals surface area contributed by atoms with Gasteiger partial charge in [-0.1, -0.05) is 6.07 Å². The molecule has 3 amide bonds. The second-order valence-electron chi connectivity index (χ2n) is 6.44. The lowest BCUT2D eigenvalue weighted by Crippen LogP contribution is -2.50. The van der Waals surface area contributed by atoms with Gasteiger partial charge in [0.1, 0.15) is 6.04 Å². The van der Waals surface area contributed by atoms with Crippen molar-refractivity contribution in [2.75, 3.05) is 6.79 Å². The second kappa shape index (κ2) is 7.55. The summed E-state index contributed by atoms with van der Waals surface area (Å²) in [6, 6.07) is 7.82. The number of pyridine rings is 1. The summed E-state index contributed by atoms with van der Waals surface area (Å²) in [7, 11) is 0. The van der Waals surface area contributed by atoms with Crippen molar-refractivity contribution >= 4 is 17.7 Å². The molecule has 9 heteroatoms. The molecule has 2 N–H and O–H groups in total. The van der Waals surface area contributed by atoms with Crippen LogP contribution in [0.5, 0.6) is 11.5 Å². The van der Waals surface area contributed by atoms with Crippen molar-refractivity contribution < 1.29 is 23.9 Å². The Morgan fingerprint density at radius 1 is 1.11 bits per heavy atom. The van der Waals surface area contributed by atoms with E-state index in [4.69, 9.17) is 9.47 Å². The number of aromatic nitrogens is 1. The molecule has 1 atom stereocenters. The maximum Gasteiger partial charge on any atom is 0.269 e. The number of nitrogens with one attached hydrogen (secondary N) is 2. The number of amides is 3. The van der Waals surface area contributed by atoms with Gasteiger partial charge >= 0.3 is 0 Å². The quantitative estimate of drug-likeness (QED) is 0.756. The third-order valence-electron chi connectivity index (χ3n) is 4.66. The Hall–Kier alpha value is -3.62. The number of hydrazine groups is 1. The van der Waals surface area contributed by atoms with Crippen molar-refractivity contribution in [2.24, 2.45) is 0 Å². The van der Waals surface area contributed by atoms with Crippen molar-refractivity contribution in [2.45, 2.75) is 25.4 Å². The largest absolute Gasteiger partial charge is 0.454 e. The zero-order valence-electron chi connectivity index (χ0n) is 14.9. The van der Waals surface area contributed by atoms with Gasteiger partial charge in [-0.05, 0) is 36.2 Å². The lowest BCUT2D eigenvalue weighted by atomic mass is 10.1. The fraction of sp³-hybridized carbons (Fsp3) is 0.263. The van der Waals surface area contributed by atoms with E-state index < -0.39 is 17.9 Å². The topological polar surface area (TPSA) is 110 Å². The van der Waals surface area contributed by atoms with Crippen molar-refractivity contribution in [3.8, 4) is 11.5 Å². The number of ether oxygens (including phenoxy) is 2. The lowest BCUT2D eigenvalue weighted by Gasteiger charge is -2.24. The molecular formula is C19H18N4O5. The SMILES string of the molecule is O=C(NNC(=O)C1CCC(=O)N1Cc1ccc2c(c1)OCO2)c1ccncc1. The predicted molar refractivity (Wildman–Crippen MR) is 96.0 cm³/mol. The average Bonchev–Trinajstić information content (AvgIpc) is 3.33. The number of rotatable bonds is 4. The summed E-state index contributed by atoms with van der Waals surface area (Å²) < 4.78 is 10.6. The molecule has 2 aromatic rings. The zero-order valence-corrected chi connectivity index (χ0v) is 14.9. The molecule has 0 radical (unpaired) electrons. The van der Waals surface area contributed by atoms with E-state index in [1.807, 2.05) is 6.07 Å². The fourth-order valence-corrected chi connectivity index (χ4v) is 3.22. The van der Waals surface area contributed by atoms with E-state index in [0.717, 1.165) is 5.56 Å². The zero-order chi connectivity index (χ0) is 19.5. The Morgan fingerprint density at radius 2 is 1.89 bits per heavy atom. The summed E-state index contributed by atoms with van der Waals surface area (Å²) in [6.07, 6.45) is 3.64. The van der Waals surface area contributed by atoms with Crippen LogP contribution in [-0.2, 0) is 16.1 Å². The fourth-order valence-electron chi connectivity index (χ4n) is 3.22. The Balaban J connectivity index is 1.39. The number of carbonyl (C=O) groups excluding carboxylic acids is 3. The minimum atomic E-state index is -0.657. The Kier molecular flexibility index (Phi) is 4.79. The summed E-state index contributed by atoms with van der Waals surface area (Å²) in [5, 5.41) is 0. The molecule has 4 rings (SSSR count). The average molecular weight is 382 g/mol. The van der Waals surface area contributed by atoms with Gasteiger partial charge in [-0.25, -0.2) is 0 Å². The van der Waals surface area contributed by atoms with Gasteiger partial charge in [0, 0.05) is 30.9 Å². The maximum atomic E-state index is 12.5. The Bertz CT molecular complexity index is 918. The Morgan fingerprint density at radius 3 is 2.71 bits per heavy atom. The molecule has 0 saturated carbocycles. The number of likely N-dealkylation sites (tertiary alicyclic amines) is 1. The predicted octanol–water partition coefficient (Wildman–Crippen LogP) is 0.762. The van der Waals surface area contributed by atoms with E-state index >= 15 is 0 Å². The van der Waals surface area contributed by atoms with E-state index in [2.05, 4.69) is 15.8 Å². The van der Waals surface area contributed by atoms with Crippen molar-refractivity contribution in [1.29, 1.82) is 0 Å². The second-order valence-corrected chi connectivity index (χ2v) is 6.44. The molecule has 1 aromatic heterocycles. The molecule has 2 aliphatic rings. The summed E-state index contributed by atoms with van der Waals surface area (Å²) in [5.41, 5.74) is 5.97. The van der Waals surface area contributed by atoms with E-state index in [9.17, 15) is 14.4 Å². The normalized spacial score (nSPS) is 17.5. The van der Waals surface area contributed by atoms with Gasteiger partial charge in [-0.3, -0.25) is 30.2 Å². The third-order valence-corrected chi connectivity index (χ3v) is 4.66. The van der Waals surface area contributed by atoms with Crippen LogP contribution >= 0.6 is 0 Å². The minimum Gasteiger partial charge on any atom is -0.454 e. The molecule has 1 fully saturated rings. The molecule has 3 heterocycles. The van der Waals surface area contributed by atoms with Crippen LogP contribution in [0.1, 0.15) is 28.8 Å². The van der Waals surface area contributed by atoms with Crippen molar-refractivity contribution in [1.82, 2.24) is 20.7 Å². The van der Waals surface area contributed by atoms with Gasteiger partial charge in [0.25, 0.3) is 11.8 Å². The van der Waals surface area contributed by atoms with Crippen molar-refractivity contribution in [3.05, 3.63) is 53.9 Å². The number of fused-ring (bicyclic) bond motifs is 1.